The highest BCUT2D eigenvalue weighted by Gasteiger charge is 2.32. The second-order valence-corrected chi connectivity index (χ2v) is 6.78. The third kappa shape index (κ3) is 5.54. The lowest BCUT2D eigenvalue weighted by atomic mass is 9.86. The average molecular weight is 349 g/mol. The van der Waals surface area contributed by atoms with Crippen LogP contribution in [0, 0.1) is 23.7 Å². The molecule has 0 bridgehead atoms. The molecule has 1 aliphatic rings. The standard InChI is InChI=1S/C20H25F2NO2/c1-14(19(21)22)18(20(24)23-25)17-12-10-16(11-13-17)9-5-8-15-6-3-2-4-7-15/h10-15,18-19,25H,2-4,6-8H2,1H3,(H,23,24). The Labute approximate surface area is 147 Å². The molecule has 3 nitrogen and oxygen atoms in total. The van der Waals surface area contributed by atoms with E-state index in [0.29, 0.717) is 11.5 Å². The van der Waals surface area contributed by atoms with Crippen LogP contribution in [-0.4, -0.2) is 17.5 Å². The van der Waals surface area contributed by atoms with Gasteiger partial charge in [-0.15, -0.1) is 0 Å². The monoisotopic (exact) mass is 349 g/mol. The molecule has 25 heavy (non-hydrogen) atoms. The molecule has 0 aromatic heterocycles. The molecule has 136 valence electrons. The molecule has 1 fully saturated rings. The van der Waals surface area contributed by atoms with Crippen LogP contribution in [0.5, 0.6) is 0 Å². The third-order valence-electron chi connectivity index (χ3n) is 4.93. The maximum Gasteiger partial charge on any atom is 0.251 e. The highest BCUT2D eigenvalue weighted by Crippen LogP contribution is 2.30. The van der Waals surface area contributed by atoms with Crippen LogP contribution in [0.15, 0.2) is 24.3 Å². The average Bonchev–Trinajstić information content (AvgIpc) is 2.63. The molecule has 0 saturated heterocycles. The van der Waals surface area contributed by atoms with Crippen LogP contribution < -0.4 is 5.48 Å². The van der Waals surface area contributed by atoms with Gasteiger partial charge in [-0.1, -0.05) is 50.2 Å². The van der Waals surface area contributed by atoms with E-state index in [1.165, 1.54) is 44.5 Å². The molecule has 0 heterocycles. The molecule has 0 aliphatic heterocycles. The van der Waals surface area contributed by atoms with E-state index in [1.807, 2.05) is 0 Å². The minimum Gasteiger partial charge on any atom is -0.289 e. The van der Waals surface area contributed by atoms with Crippen molar-refractivity contribution in [2.24, 2.45) is 11.8 Å². The summed E-state index contributed by atoms with van der Waals surface area (Å²) < 4.78 is 26.0. The summed E-state index contributed by atoms with van der Waals surface area (Å²) in [5.41, 5.74) is 2.72. The fourth-order valence-corrected chi connectivity index (χ4v) is 3.37. The number of carbonyl (C=O) groups excluding carboxylic acids is 1. The minimum atomic E-state index is -2.66. The maximum atomic E-state index is 13.0. The van der Waals surface area contributed by atoms with Crippen LogP contribution in [0.2, 0.25) is 0 Å². The molecule has 2 rings (SSSR count). The maximum absolute atomic E-state index is 13.0. The number of nitrogens with one attached hydrogen (secondary N) is 1. The summed E-state index contributed by atoms with van der Waals surface area (Å²) in [5.74, 6) is 3.87. The molecular weight excluding hydrogens is 324 g/mol. The highest BCUT2D eigenvalue weighted by atomic mass is 19.3. The lowest BCUT2D eigenvalue weighted by Gasteiger charge is -2.21. The second-order valence-electron chi connectivity index (χ2n) is 6.78. The largest absolute Gasteiger partial charge is 0.289 e. The van der Waals surface area contributed by atoms with Gasteiger partial charge < -0.3 is 0 Å². The normalized spacial score (nSPS) is 17.5. The van der Waals surface area contributed by atoms with Crippen LogP contribution in [0.4, 0.5) is 8.78 Å². The molecule has 2 N–H and O–H groups in total. The van der Waals surface area contributed by atoms with Crippen molar-refractivity contribution in [2.75, 3.05) is 0 Å². The van der Waals surface area contributed by atoms with Crippen LogP contribution in [0.3, 0.4) is 0 Å². The minimum absolute atomic E-state index is 0.442. The summed E-state index contributed by atoms with van der Waals surface area (Å²) in [6.45, 7) is 1.29. The Kier molecular flexibility index (Phi) is 7.39. The Bertz CT molecular complexity index is 613. The van der Waals surface area contributed by atoms with Gasteiger partial charge in [-0.2, -0.15) is 0 Å². The van der Waals surface area contributed by atoms with Crippen LogP contribution in [-0.2, 0) is 4.79 Å². The molecule has 1 saturated carbocycles. The van der Waals surface area contributed by atoms with Crippen molar-refractivity contribution < 1.29 is 18.8 Å². The Morgan fingerprint density at radius 2 is 1.88 bits per heavy atom. The van der Waals surface area contributed by atoms with E-state index in [-0.39, 0.29) is 0 Å². The molecule has 2 unspecified atom stereocenters. The van der Waals surface area contributed by atoms with Crippen molar-refractivity contribution in [2.45, 2.75) is 57.8 Å². The summed E-state index contributed by atoms with van der Waals surface area (Å²) >= 11 is 0. The molecule has 0 radical (unpaired) electrons. The van der Waals surface area contributed by atoms with Crippen molar-refractivity contribution in [1.82, 2.24) is 5.48 Å². The summed E-state index contributed by atoms with van der Waals surface area (Å²) in [6, 6.07) is 6.73. The smallest absolute Gasteiger partial charge is 0.251 e. The number of amides is 1. The zero-order valence-corrected chi connectivity index (χ0v) is 14.5. The summed E-state index contributed by atoms with van der Waals surface area (Å²) in [4.78, 5) is 11.8. The van der Waals surface area contributed by atoms with E-state index in [2.05, 4.69) is 11.8 Å². The molecule has 1 aliphatic carbocycles. The fourth-order valence-electron chi connectivity index (χ4n) is 3.37. The van der Waals surface area contributed by atoms with E-state index in [9.17, 15) is 13.6 Å². The summed E-state index contributed by atoms with van der Waals surface area (Å²) in [5, 5.41) is 8.82. The first kappa shape index (κ1) is 19.4. The quantitative estimate of drug-likeness (QED) is 0.467. The number of rotatable bonds is 5. The van der Waals surface area contributed by atoms with E-state index in [4.69, 9.17) is 5.21 Å². The first-order valence-electron chi connectivity index (χ1n) is 8.84. The molecule has 1 amide bonds. The van der Waals surface area contributed by atoms with Gasteiger partial charge in [0.2, 0.25) is 6.43 Å². The predicted octanol–water partition coefficient (Wildman–Crippen LogP) is 4.50. The zero-order chi connectivity index (χ0) is 18.2. The van der Waals surface area contributed by atoms with Gasteiger partial charge in [-0.3, -0.25) is 10.0 Å². The molecular formula is C20H25F2NO2. The number of hydroxylamine groups is 1. The number of hydrogen-bond acceptors (Lipinski definition) is 2. The van der Waals surface area contributed by atoms with Crippen LogP contribution in [0.1, 0.15) is 62.5 Å². The lowest BCUT2D eigenvalue weighted by Crippen LogP contribution is -2.33. The van der Waals surface area contributed by atoms with Crippen LogP contribution >= 0.6 is 0 Å². The number of halogens is 2. The Morgan fingerprint density at radius 1 is 1.24 bits per heavy atom. The number of carbonyl (C=O) groups is 1. The number of hydrogen-bond donors (Lipinski definition) is 2. The lowest BCUT2D eigenvalue weighted by molar-refractivity contribution is -0.133. The fraction of sp³-hybridized carbons (Fsp3) is 0.550. The predicted molar refractivity (Wildman–Crippen MR) is 92.4 cm³/mol. The van der Waals surface area contributed by atoms with Gasteiger partial charge in [0.1, 0.15) is 0 Å². The molecule has 5 heteroatoms. The van der Waals surface area contributed by atoms with Crippen molar-refractivity contribution in [3.63, 3.8) is 0 Å². The summed E-state index contributed by atoms with van der Waals surface area (Å²) in [6.07, 6.45) is 4.63. The SMILES string of the molecule is CC(C(F)F)C(C(=O)NO)c1ccc(C#CCC2CCCCC2)cc1. The highest BCUT2D eigenvalue weighted by molar-refractivity contribution is 5.83. The van der Waals surface area contributed by atoms with Crippen molar-refractivity contribution in [3.8, 4) is 11.8 Å². The van der Waals surface area contributed by atoms with E-state index in [1.54, 1.807) is 24.3 Å². The van der Waals surface area contributed by atoms with E-state index in [0.717, 1.165) is 12.0 Å². The molecule has 1 aromatic rings. The Hall–Kier alpha value is -1.93. The molecule has 0 spiro atoms. The zero-order valence-electron chi connectivity index (χ0n) is 14.5. The topological polar surface area (TPSA) is 49.3 Å². The van der Waals surface area contributed by atoms with Crippen LogP contribution in [0.25, 0.3) is 0 Å². The van der Waals surface area contributed by atoms with Crippen molar-refractivity contribution in [1.29, 1.82) is 0 Å². The number of benzene rings is 1. The van der Waals surface area contributed by atoms with Crippen molar-refractivity contribution in [3.05, 3.63) is 35.4 Å². The van der Waals surface area contributed by atoms with Gasteiger partial charge in [0.05, 0.1) is 5.92 Å². The van der Waals surface area contributed by atoms with Gasteiger partial charge in [0.25, 0.3) is 5.91 Å². The van der Waals surface area contributed by atoms with Gasteiger partial charge in [-0.05, 0) is 36.5 Å². The second kappa shape index (κ2) is 9.53. The Balaban J connectivity index is 2.05. The van der Waals surface area contributed by atoms with Gasteiger partial charge in [0, 0.05) is 17.9 Å². The van der Waals surface area contributed by atoms with E-state index < -0.39 is 24.2 Å². The van der Waals surface area contributed by atoms with Crippen molar-refractivity contribution >= 4 is 5.91 Å². The molecule has 2 atom stereocenters. The first-order valence-corrected chi connectivity index (χ1v) is 8.84. The van der Waals surface area contributed by atoms with Gasteiger partial charge >= 0.3 is 0 Å². The van der Waals surface area contributed by atoms with Gasteiger partial charge in [-0.25, -0.2) is 14.3 Å². The Morgan fingerprint density at radius 3 is 2.44 bits per heavy atom. The number of alkyl halides is 2. The van der Waals surface area contributed by atoms with Gasteiger partial charge in [0.15, 0.2) is 0 Å². The van der Waals surface area contributed by atoms with E-state index >= 15 is 0 Å². The molecule has 1 aromatic carbocycles. The first-order chi connectivity index (χ1) is 12.0. The third-order valence-corrected chi connectivity index (χ3v) is 4.93. The summed E-state index contributed by atoms with van der Waals surface area (Å²) in [7, 11) is 0.